The third-order valence-electron chi connectivity index (χ3n) is 4.63. The van der Waals surface area contributed by atoms with E-state index >= 15 is 0 Å². The van der Waals surface area contributed by atoms with Gasteiger partial charge in [0.25, 0.3) is 11.8 Å². The number of rotatable bonds is 9. The average molecular weight is 441 g/mol. The zero-order valence-corrected chi connectivity index (χ0v) is 18.6. The Morgan fingerprint density at radius 3 is 2.31 bits per heavy atom. The number of likely N-dealkylation sites (N-methyl/N-ethyl adjacent to an activating group) is 1. The molecule has 0 radical (unpaired) electrons. The first-order valence-corrected chi connectivity index (χ1v) is 9.89. The van der Waals surface area contributed by atoms with Gasteiger partial charge in [-0.1, -0.05) is 24.3 Å². The lowest BCUT2D eigenvalue weighted by Gasteiger charge is -2.18. The number of carbonyl (C=O) groups is 4. The quantitative estimate of drug-likeness (QED) is 0.573. The van der Waals surface area contributed by atoms with E-state index in [2.05, 4.69) is 10.6 Å². The third kappa shape index (κ3) is 7.12. The fraction of sp³-hybridized carbons (Fsp3) is 0.304. The SMILES string of the molecule is COc1cccc(C(=O)NCC(=O)OCC(=O)N(C)CC(=O)Nc2c(C)cccc2C)c1. The highest BCUT2D eigenvalue weighted by molar-refractivity contribution is 5.97. The van der Waals surface area contributed by atoms with Crippen LogP contribution in [0.5, 0.6) is 5.75 Å². The molecule has 2 aromatic rings. The van der Waals surface area contributed by atoms with Gasteiger partial charge in [0.2, 0.25) is 5.91 Å². The minimum absolute atomic E-state index is 0.198. The fourth-order valence-corrected chi connectivity index (χ4v) is 2.82. The van der Waals surface area contributed by atoms with Gasteiger partial charge in [0.1, 0.15) is 12.3 Å². The van der Waals surface area contributed by atoms with Gasteiger partial charge in [-0.25, -0.2) is 0 Å². The standard InChI is InChI=1S/C23H27N3O6/c1-15-7-5-8-16(2)22(15)25-19(27)13-26(3)20(28)14-32-21(29)12-24-23(30)17-9-6-10-18(11-17)31-4/h5-11H,12-14H2,1-4H3,(H,24,30)(H,25,27). The molecule has 0 aromatic heterocycles. The molecule has 0 spiro atoms. The predicted molar refractivity (Wildman–Crippen MR) is 118 cm³/mol. The Morgan fingerprint density at radius 1 is 1.00 bits per heavy atom. The number of ether oxygens (including phenoxy) is 2. The van der Waals surface area contributed by atoms with E-state index in [-0.39, 0.29) is 12.5 Å². The molecule has 0 aliphatic heterocycles. The highest BCUT2D eigenvalue weighted by atomic mass is 16.5. The zero-order valence-electron chi connectivity index (χ0n) is 18.6. The normalized spacial score (nSPS) is 10.1. The van der Waals surface area contributed by atoms with Gasteiger partial charge in [-0.3, -0.25) is 19.2 Å². The van der Waals surface area contributed by atoms with Gasteiger partial charge >= 0.3 is 5.97 Å². The largest absolute Gasteiger partial charge is 0.497 e. The van der Waals surface area contributed by atoms with E-state index in [1.54, 1.807) is 18.2 Å². The maximum absolute atomic E-state index is 12.3. The summed E-state index contributed by atoms with van der Waals surface area (Å²) in [6.07, 6.45) is 0. The molecule has 0 unspecified atom stereocenters. The molecule has 0 bridgehead atoms. The molecule has 9 heteroatoms. The number of nitrogens with one attached hydrogen (secondary N) is 2. The van der Waals surface area contributed by atoms with Gasteiger partial charge < -0.3 is 25.0 Å². The summed E-state index contributed by atoms with van der Waals surface area (Å²) in [4.78, 5) is 49.5. The number of anilines is 1. The average Bonchev–Trinajstić information content (AvgIpc) is 2.78. The first-order valence-electron chi connectivity index (χ1n) is 9.89. The van der Waals surface area contributed by atoms with E-state index in [1.165, 1.54) is 20.2 Å². The van der Waals surface area contributed by atoms with E-state index in [9.17, 15) is 19.2 Å². The zero-order chi connectivity index (χ0) is 23.7. The molecule has 0 aliphatic carbocycles. The van der Waals surface area contributed by atoms with Gasteiger partial charge in [0.05, 0.1) is 13.7 Å². The van der Waals surface area contributed by atoms with Crippen molar-refractivity contribution in [2.24, 2.45) is 0 Å². The fourth-order valence-electron chi connectivity index (χ4n) is 2.82. The lowest BCUT2D eigenvalue weighted by atomic mass is 10.1. The summed E-state index contributed by atoms with van der Waals surface area (Å²) in [5, 5.41) is 5.20. The Bertz CT molecular complexity index is 985. The molecular weight excluding hydrogens is 414 g/mol. The molecule has 32 heavy (non-hydrogen) atoms. The number of nitrogens with zero attached hydrogens (tertiary/aromatic N) is 1. The van der Waals surface area contributed by atoms with Gasteiger partial charge in [0.15, 0.2) is 6.61 Å². The second-order valence-electron chi connectivity index (χ2n) is 7.14. The van der Waals surface area contributed by atoms with Crippen molar-refractivity contribution < 1.29 is 28.7 Å². The molecule has 9 nitrogen and oxygen atoms in total. The van der Waals surface area contributed by atoms with Crippen LogP contribution in [-0.2, 0) is 19.1 Å². The summed E-state index contributed by atoms with van der Waals surface area (Å²) in [7, 11) is 2.92. The number of benzene rings is 2. The van der Waals surface area contributed by atoms with Crippen molar-refractivity contribution in [1.29, 1.82) is 0 Å². The molecular formula is C23H27N3O6. The molecule has 0 aliphatic rings. The van der Waals surface area contributed by atoms with Gasteiger partial charge in [0, 0.05) is 18.3 Å². The molecule has 3 amide bonds. The number of esters is 1. The topological polar surface area (TPSA) is 114 Å². The van der Waals surface area contributed by atoms with Crippen LogP contribution in [-0.4, -0.2) is 62.4 Å². The van der Waals surface area contributed by atoms with E-state index in [0.717, 1.165) is 16.0 Å². The molecule has 0 saturated carbocycles. The van der Waals surface area contributed by atoms with Crippen molar-refractivity contribution in [1.82, 2.24) is 10.2 Å². The number of hydrogen-bond donors (Lipinski definition) is 2. The minimum Gasteiger partial charge on any atom is -0.497 e. The van der Waals surface area contributed by atoms with Crippen LogP contribution in [0.1, 0.15) is 21.5 Å². The molecule has 0 saturated heterocycles. The number of hydrogen-bond acceptors (Lipinski definition) is 6. The van der Waals surface area contributed by atoms with Gasteiger partial charge in [-0.05, 0) is 43.2 Å². The Kier molecular flexibility index (Phi) is 8.76. The Hall–Kier alpha value is -3.88. The highest BCUT2D eigenvalue weighted by Gasteiger charge is 2.17. The van der Waals surface area contributed by atoms with Crippen molar-refractivity contribution in [3.05, 3.63) is 59.2 Å². The van der Waals surface area contributed by atoms with Crippen molar-refractivity contribution in [3.63, 3.8) is 0 Å². The molecule has 170 valence electrons. The smallest absolute Gasteiger partial charge is 0.325 e. The van der Waals surface area contributed by atoms with E-state index in [1.807, 2.05) is 32.0 Å². The predicted octanol–water partition coefficient (Wildman–Crippen LogP) is 1.68. The number of carbonyl (C=O) groups excluding carboxylic acids is 4. The lowest BCUT2D eigenvalue weighted by molar-refractivity contribution is -0.150. The van der Waals surface area contributed by atoms with Crippen LogP contribution >= 0.6 is 0 Å². The molecule has 0 fully saturated rings. The molecule has 2 aromatic carbocycles. The van der Waals surface area contributed by atoms with Crippen LogP contribution in [0.3, 0.4) is 0 Å². The van der Waals surface area contributed by atoms with E-state index in [0.29, 0.717) is 17.0 Å². The minimum atomic E-state index is -0.775. The second kappa shape index (κ2) is 11.5. The van der Waals surface area contributed by atoms with Crippen LogP contribution < -0.4 is 15.4 Å². The summed E-state index contributed by atoms with van der Waals surface area (Å²) >= 11 is 0. The summed E-state index contributed by atoms with van der Waals surface area (Å²) in [5.41, 5.74) is 2.86. The summed E-state index contributed by atoms with van der Waals surface area (Å²) in [6, 6.07) is 12.1. The monoisotopic (exact) mass is 441 g/mol. The van der Waals surface area contributed by atoms with E-state index < -0.39 is 30.9 Å². The van der Waals surface area contributed by atoms with Crippen LogP contribution in [0, 0.1) is 13.8 Å². The number of methoxy groups -OCH3 is 1. The number of aryl methyl sites for hydroxylation is 2. The van der Waals surface area contributed by atoms with E-state index in [4.69, 9.17) is 9.47 Å². The van der Waals surface area contributed by atoms with Gasteiger partial charge in [-0.2, -0.15) is 0 Å². The van der Waals surface area contributed by atoms with Gasteiger partial charge in [-0.15, -0.1) is 0 Å². The van der Waals surface area contributed by atoms with Crippen molar-refractivity contribution in [2.75, 3.05) is 39.2 Å². The van der Waals surface area contributed by atoms with Crippen LogP contribution in [0.25, 0.3) is 0 Å². The van der Waals surface area contributed by atoms with Crippen molar-refractivity contribution in [2.45, 2.75) is 13.8 Å². The maximum Gasteiger partial charge on any atom is 0.325 e. The summed E-state index contributed by atoms with van der Waals surface area (Å²) in [5.74, 6) is -1.66. The molecule has 2 rings (SSSR count). The Balaban J connectivity index is 1.75. The molecule has 0 heterocycles. The first kappa shape index (κ1) is 24.4. The molecule has 2 N–H and O–H groups in total. The summed E-state index contributed by atoms with van der Waals surface area (Å²) < 4.78 is 9.94. The number of amides is 3. The Morgan fingerprint density at radius 2 is 1.66 bits per heavy atom. The maximum atomic E-state index is 12.3. The molecule has 0 atom stereocenters. The lowest BCUT2D eigenvalue weighted by Crippen LogP contribution is -2.38. The Labute approximate surface area is 186 Å². The number of para-hydroxylation sites is 1. The third-order valence-corrected chi connectivity index (χ3v) is 4.63. The van der Waals surface area contributed by atoms with Crippen molar-refractivity contribution in [3.8, 4) is 5.75 Å². The van der Waals surface area contributed by atoms with Crippen molar-refractivity contribution >= 4 is 29.4 Å². The highest BCUT2D eigenvalue weighted by Crippen LogP contribution is 2.19. The first-order chi connectivity index (χ1) is 15.2. The van der Waals surface area contributed by atoms with Crippen LogP contribution in [0.2, 0.25) is 0 Å². The second-order valence-corrected chi connectivity index (χ2v) is 7.14. The van der Waals surface area contributed by atoms with Crippen LogP contribution in [0.15, 0.2) is 42.5 Å². The van der Waals surface area contributed by atoms with Crippen LogP contribution in [0.4, 0.5) is 5.69 Å². The summed E-state index contributed by atoms with van der Waals surface area (Å²) in [6.45, 7) is 2.62.